The second kappa shape index (κ2) is 5.19. The average Bonchev–Trinajstić information content (AvgIpc) is 2.73. The molecule has 1 aromatic heterocycles. The first-order chi connectivity index (χ1) is 7.17. The van der Waals surface area contributed by atoms with Gasteiger partial charge in [-0.1, -0.05) is 6.92 Å². The lowest BCUT2D eigenvalue weighted by atomic mass is 10.3. The van der Waals surface area contributed by atoms with E-state index in [0.717, 1.165) is 12.2 Å². The van der Waals surface area contributed by atoms with Crippen LogP contribution in [0.15, 0.2) is 16.5 Å². The van der Waals surface area contributed by atoms with Crippen LogP contribution in [0.1, 0.15) is 23.2 Å². The van der Waals surface area contributed by atoms with Gasteiger partial charge in [-0.05, 0) is 12.1 Å². The molecule has 2 N–H and O–H groups in total. The molecule has 0 aromatic carbocycles. The Morgan fingerprint density at radius 2 is 2.13 bits per heavy atom. The average molecular weight is 210 g/mol. The third-order valence-corrected chi connectivity index (χ3v) is 1.92. The minimum absolute atomic E-state index is 0.0442. The van der Waals surface area contributed by atoms with Crippen molar-refractivity contribution < 1.29 is 14.0 Å². The van der Waals surface area contributed by atoms with E-state index in [1.807, 2.05) is 6.92 Å². The molecule has 0 bridgehead atoms. The van der Waals surface area contributed by atoms with Gasteiger partial charge in [-0.3, -0.25) is 9.59 Å². The summed E-state index contributed by atoms with van der Waals surface area (Å²) in [6.45, 7) is 1.89. The zero-order chi connectivity index (χ0) is 11.3. The lowest BCUT2D eigenvalue weighted by molar-refractivity contribution is -0.119. The van der Waals surface area contributed by atoms with Crippen LogP contribution in [0.5, 0.6) is 0 Å². The van der Waals surface area contributed by atoms with Gasteiger partial charge in [0.2, 0.25) is 5.91 Å². The van der Waals surface area contributed by atoms with Crippen molar-refractivity contribution in [2.45, 2.75) is 13.3 Å². The summed E-state index contributed by atoms with van der Waals surface area (Å²) in [5.74, 6) is 0.361. The molecule has 0 aliphatic heterocycles. The Morgan fingerprint density at radius 1 is 1.40 bits per heavy atom. The molecule has 1 rings (SSSR count). The summed E-state index contributed by atoms with van der Waals surface area (Å²) in [4.78, 5) is 22.3. The Kier molecular flexibility index (Phi) is 3.91. The van der Waals surface area contributed by atoms with Gasteiger partial charge in [-0.25, -0.2) is 0 Å². The van der Waals surface area contributed by atoms with E-state index in [9.17, 15) is 9.59 Å². The van der Waals surface area contributed by atoms with Crippen molar-refractivity contribution in [3.8, 4) is 0 Å². The molecule has 0 atom stereocenters. The predicted molar refractivity (Wildman–Crippen MR) is 54.5 cm³/mol. The number of hydrogen-bond acceptors (Lipinski definition) is 3. The number of hydrogen-bond donors (Lipinski definition) is 2. The smallest absolute Gasteiger partial charge is 0.287 e. The molecule has 0 saturated heterocycles. The summed E-state index contributed by atoms with van der Waals surface area (Å²) in [5.41, 5.74) is 0. The molecule has 0 unspecified atom stereocenters. The second-order valence-electron chi connectivity index (χ2n) is 2.98. The third-order valence-electron chi connectivity index (χ3n) is 1.92. The molecule has 0 fully saturated rings. The number of carbonyl (C=O) groups is 2. The highest BCUT2D eigenvalue weighted by Crippen LogP contribution is 2.07. The zero-order valence-corrected chi connectivity index (χ0v) is 8.79. The molecule has 0 saturated carbocycles. The molecular weight excluding hydrogens is 196 g/mol. The van der Waals surface area contributed by atoms with E-state index in [1.165, 1.54) is 7.05 Å². The molecular formula is C10H14N2O3. The number of rotatable bonds is 4. The fraction of sp³-hybridized carbons (Fsp3) is 0.400. The lowest BCUT2D eigenvalue weighted by Gasteiger charge is -2.01. The highest BCUT2D eigenvalue weighted by molar-refractivity contribution is 5.94. The molecule has 5 nitrogen and oxygen atoms in total. The van der Waals surface area contributed by atoms with Gasteiger partial charge in [0, 0.05) is 13.5 Å². The van der Waals surface area contributed by atoms with E-state index in [0.29, 0.717) is 0 Å². The number of aryl methyl sites for hydroxylation is 1. The van der Waals surface area contributed by atoms with E-state index < -0.39 is 0 Å². The molecule has 0 spiro atoms. The summed E-state index contributed by atoms with van der Waals surface area (Å²) in [7, 11) is 1.51. The van der Waals surface area contributed by atoms with Crippen molar-refractivity contribution in [1.29, 1.82) is 0 Å². The van der Waals surface area contributed by atoms with E-state index in [-0.39, 0.29) is 24.1 Å². The van der Waals surface area contributed by atoms with Gasteiger partial charge < -0.3 is 15.1 Å². The molecule has 5 heteroatoms. The molecule has 0 radical (unpaired) electrons. The number of nitrogens with one attached hydrogen (secondary N) is 2. The van der Waals surface area contributed by atoms with E-state index >= 15 is 0 Å². The van der Waals surface area contributed by atoms with Crippen molar-refractivity contribution in [3.63, 3.8) is 0 Å². The van der Waals surface area contributed by atoms with Crippen molar-refractivity contribution in [3.05, 3.63) is 23.7 Å². The fourth-order valence-electron chi connectivity index (χ4n) is 1.03. The van der Waals surface area contributed by atoms with Gasteiger partial charge in [-0.15, -0.1) is 0 Å². The van der Waals surface area contributed by atoms with Crippen LogP contribution in [0.4, 0.5) is 0 Å². The highest BCUT2D eigenvalue weighted by Gasteiger charge is 2.10. The van der Waals surface area contributed by atoms with Crippen LogP contribution in [0.2, 0.25) is 0 Å². The van der Waals surface area contributed by atoms with Crippen LogP contribution in [0.25, 0.3) is 0 Å². The summed E-state index contributed by atoms with van der Waals surface area (Å²) in [6.07, 6.45) is 0.739. The highest BCUT2D eigenvalue weighted by atomic mass is 16.3. The van der Waals surface area contributed by atoms with Gasteiger partial charge in [-0.2, -0.15) is 0 Å². The van der Waals surface area contributed by atoms with Crippen LogP contribution >= 0.6 is 0 Å². The summed E-state index contributed by atoms with van der Waals surface area (Å²) < 4.78 is 5.22. The van der Waals surface area contributed by atoms with Crippen molar-refractivity contribution in [1.82, 2.24) is 10.6 Å². The minimum atomic E-state index is -0.377. The summed E-state index contributed by atoms with van der Waals surface area (Å²) in [6, 6.07) is 3.34. The van der Waals surface area contributed by atoms with Gasteiger partial charge in [0.1, 0.15) is 5.76 Å². The predicted octanol–water partition coefficient (Wildman–Crippen LogP) is 0.318. The van der Waals surface area contributed by atoms with Gasteiger partial charge >= 0.3 is 0 Å². The minimum Gasteiger partial charge on any atom is -0.456 e. The van der Waals surface area contributed by atoms with Crippen molar-refractivity contribution in [2.24, 2.45) is 0 Å². The third kappa shape index (κ3) is 3.12. The Labute approximate surface area is 87.8 Å². The lowest BCUT2D eigenvalue weighted by Crippen LogP contribution is -2.34. The van der Waals surface area contributed by atoms with E-state index in [4.69, 9.17) is 4.42 Å². The molecule has 0 aliphatic carbocycles. The first-order valence-electron chi connectivity index (χ1n) is 4.74. The molecule has 2 amide bonds. The molecule has 15 heavy (non-hydrogen) atoms. The van der Waals surface area contributed by atoms with Crippen LogP contribution in [-0.4, -0.2) is 25.4 Å². The Hall–Kier alpha value is -1.78. The summed E-state index contributed by atoms with van der Waals surface area (Å²) >= 11 is 0. The Bertz CT molecular complexity index is 357. The molecule has 1 aromatic rings. The van der Waals surface area contributed by atoms with Crippen LogP contribution in [0.3, 0.4) is 0 Å². The number of likely N-dealkylation sites (N-methyl/N-ethyl adjacent to an activating group) is 1. The summed E-state index contributed by atoms with van der Waals surface area (Å²) in [5, 5.41) is 4.85. The first-order valence-corrected chi connectivity index (χ1v) is 4.74. The fourth-order valence-corrected chi connectivity index (χ4v) is 1.03. The standard InChI is InChI=1S/C10H14N2O3/c1-3-7-4-5-8(15-7)10(14)12-6-9(13)11-2/h4-5H,3,6H2,1-2H3,(H,11,13)(H,12,14). The largest absolute Gasteiger partial charge is 0.456 e. The van der Waals surface area contributed by atoms with Crippen LogP contribution in [0, 0.1) is 0 Å². The number of amides is 2. The van der Waals surface area contributed by atoms with Gasteiger partial charge in [0.25, 0.3) is 5.91 Å². The van der Waals surface area contributed by atoms with Crippen molar-refractivity contribution in [2.75, 3.05) is 13.6 Å². The van der Waals surface area contributed by atoms with E-state index in [1.54, 1.807) is 12.1 Å². The van der Waals surface area contributed by atoms with Crippen molar-refractivity contribution >= 4 is 11.8 Å². The maximum atomic E-state index is 11.4. The van der Waals surface area contributed by atoms with Crippen LogP contribution in [-0.2, 0) is 11.2 Å². The number of carbonyl (C=O) groups excluding carboxylic acids is 2. The molecule has 1 heterocycles. The first kappa shape index (κ1) is 11.3. The molecule has 0 aliphatic rings. The second-order valence-corrected chi connectivity index (χ2v) is 2.98. The normalized spacial score (nSPS) is 9.73. The van der Waals surface area contributed by atoms with Gasteiger partial charge in [0.05, 0.1) is 6.54 Å². The maximum absolute atomic E-state index is 11.4. The quantitative estimate of drug-likeness (QED) is 0.751. The van der Waals surface area contributed by atoms with Crippen LogP contribution < -0.4 is 10.6 Å². The van der Waals surface area contributed by atoms with E-state index in [2.05, 4.69) is 10.6 Å². The monoisotopic (exact) mass is 210 g/mol. The number of furan rings is 1. The SMILES string of the molecule is CCc1ccc(C(=O)NCC(=O)NC)o1. The Balaban J connectivity index is 2.50. The molecule has 82 valence electrons. The zero-order valence-electron chi connectivity index (χ0n) is 8.79. The maximum Gasteiger partial charge on any atom is 0.287 e. The Morgan fingerprint density at radius 3 is 2.67 bits per heavy atom. The topological polar surface area (TPSA) is 71.3 Å². The van der Waals surface area contributed by atoms with Gasteiger partial charge in [0.15, 0.2) is 5.76 Å².